The van der Waals surface area contributed by atoms with Gasteiger partial charge in [0, 0.05) is 24.3 Å². The summed E-state index contributed by atoms with van der Waals surface area (Å²) in [5, 5.41) is 5.01. The molecule has 3 heterocycles. The molecule has 0 spiro atoms. The van der Waals surface area contributed by atoms with Crippen LogP contribution in [0.15, 0.2) is 34.9 Å². The fourth-order valence-corrected chi connectivity index (χ4v) is 3.46. The lowest BCUT2D eigenvalue weighted by atomic mass is 10.1. The summed E-state index contributed by atoms with van der Waals surface area (Å²) in [5.41, 5.74) is 2.21. The van der Waals surface area contributed by atoms with Gasteiger partial charge in [-0.15, -0.1) is 0 Å². The van der Waals surface area contributed by atoms with Crippen molar-refractivity contribution in [3.05, 3.63) is 47.7 Å². The monoisotopic (exact) mass is 324 g/mol. The second kappa shape index (κ2) is 5.78. The molecular weight excluding hydrogens is 304 g/mol. The highest BCUT2D eigenvalue weighted by atomic mass is 16.5. The van der Waals surface area contributed by atoms with Crippen LogP contribution in [0, 0.1) is 13.8 Å². The number of para-hydroxylation sites is 1. The molecule has 6 heteroatoms. The third kappa shape index (κ3) is 2.58. The molecule has 1 aliphatic heterocycles. The van der Waals surface area contributed by atoms with E-state index in [1.54, 1.807) is 0 Å². The molecule has 4 rings (SSSR count). The minimum Gasteiger partial charge on any atom is -0.340 e. The zero-order valence-electron chi connectivity index (χ0n) is 13.9. The first kappa shape index (κ1) is 14.9. The highest BCUT2D eigenvalue weighted by Crippen LogP contribution is 2.26. The molecule has 24 heavy (non-hydrogen) atoms. The number of hydrogen-bond acceptors (Lipinski definition) is 4. The van der Waals surface area contributed by atoms with E-state index in [4.69, 9.17) is 4.52 Å². The third-order valence-electron chi connectivity index (χ3n) is 4.74. The fraction of sp³-hybridized carbons (Fsp3) is 0.389. The first-order chi connectivity index (χ1) is 11.6. The Balaban J connectivity index is 1.49. The summed E-state index contributed by atoms with van der Waals surface area (Å²) in [7, 11) is 0. The molecule has 1 amide bonds. The normalized spacial score (nSPS) is 17.8. The van der Waals surface area contributed by atoms with E-state index in [0.29, 0.717) is 24.8 Å². The lowest BCUT2D eigenvalue weighted by Gasteiger charge is -2.17. The molecule has 3 aromatic rings. The van der Waals surface area contributed by atoms with E-state index < -0.39 is 0 Å². The van der Waals surface area contributed by atoms with Crippen LogP contribution in [0.5, 0.6) is 0 Å². The SMILES string of the molecule is Cc1noc([C@@H]2CCN(C(=O)Cn3c(C)cc4ccccc43)C2)n1. The predicted molar refractivity (Wildman–Crippen MR) is 89.6 cm³/mol. The van der Waals surface area contributed by atoms with Crippen molar-refractivity contribution in [1.29, 1.82) is 0 Å². The van der Waals surface area contributed by atoms with Gasteiger partial charge in [0.2, 0.25) is 11.8 Å². The number of fused-ring (bicyclic) bond motifs is 1. The summed E-state index contributed by atoms with van der Waals surface area (Å²) in [6, 6.07) is 10.3. The average Bonchev–Trinajstić information content (AvgIpc) is 3.27. The Kier molecular flexibility index (Phi) is 3.59. The predicted octanol–water partition coefficient (Wildman–Crippen LogP) is 2.66. The molecule has 1 atom stereocenters. The van der Waals surface area contributed by atoms with Crippen LogP contribution in [-0.2, 0) is 11.3 Å². The van der Waals surface area contributed by atoms with E-state index >= 15 is 0 Å². The quantitative estimate of drug-likeness (QED) is 0.743. The van der Waals surface area contributed by atoms with Crippen molar-refractivity contribution in [2.45, 2.75) is 32.7 Å². The molecule has 2 aromatic heterocycles. The molecule has 1 fully saturated rings. The smallest absolute Gasteiger partial charge is 0.242 e. The standard InChI is InChI=1S/C18H20N4O2/c1-12-9-14-5-3-4-6-16(14)22(12)11-17(23)21-8-7-15(10-21)18-19-13(2)20-24-18/h3-6,9,15H,7-8,10-11H2,1-2H3/t15-/m1/s1. The average molecular weight is 324 g/mol. The fourth-order valence-electron chi connectivity index (χ4n) is 3.46. The summed E-state index contributed by atoms with van der Waals surface area (Å²) >= 11 is 0. The lowest BCUT2D eigenvalue weighted by Crippen LogP contribution is -2.32. The number of rotatable bonds is 3. The second-order valence-corrected chi connectivity index (χ2v) is 6.44. The van der Waals surface area contributed by atoms with E-state index in [1.165, 1.54) is 5.39 Å². The van der Waals surface area contributed by atoms with Crippen molar-refractivity contribution < 1.29 is 9.32 Å². The number of aromatic nitrogens is 3. The molecule has 0 saturated carbocycles. The van der Waals surface area contributed by atoms with Crippen LogP contribution in [0.25, 0.3) is 10.9 Å². The van der Waals surface area contributed by atoms with Crippen LogP contribution >= 0.6 is 0 Å². The number of aryl methyl sites for hydroxylation is 2. The molecule has 0 N–H and O–H groups in total. The van der Waals surface area contributed by atoms with E-state index in [9.17, 15) is 4.79 Å². The minimum absolute atomic E-state index is 0.137. The van der Waals surface area contributed by atoms with E-state index in [-0.39, 0.29) is 11.8 Å². The maximum atomic E-state index is 12.7. The van der Waals surface area contributed by atoms with Gasteiger partial charge in [-0.3, -0.25) is 4.79 Å². The van der Waals surface area contributed by atoms with Crippen molar-refractivity contribution in [2.24, 2.45) is 0 Å². The van der Waals surface area contributed by atoms with Gasteiger partial charge < -0.3 is 14.0 Å². The molecule has 1 aliphatic rings. The van der Waals surface area contributed by atoms with Crippen molar-refractivity contribution in [3.63, 3.8) is 0 Å². The van der Waals surface area contributed by atoms with Crippen molar-refractivity contribution in [2.75, 3.05) is 13.1 Å². The van der Waals surface area contributed by atoms with Crippen molar-refractivity contribution >= 4 is 16.8 Å². The summed E-state index contributed by atoms with van der Waals surface area (Å²) in [6.07, 6.45) is 0.874. The number of nitrogens with zero attached hydrogens (tertiary/aromatic N) is 4. The Hall–Kier alpha value is -2.63. The molecule has 0 bridgehead atoms. The highest BCUT2D eigenvalue weighted by Gasteiger charge is 2.31. The van der Waals surface area contributed by atoms with Gasteiger partial charge in [0.25, 0.3) is 0 Å². The Bertz CT molecular complexity index is 895. The topological polar surface area (TPSA) is 64.2 Å². The number of benzene rings is 1. The maximum Gasteiger partial charge on any atom is 0.242 e. The first-order valence-corrected chi connectivity index (χ1v) is 8.24. The molecule has 0 aliphatic carbocycles. The molecule has 0 unspecified atom stereocenters. The number of likely N-dealkylation sites (tertiary alicyclic amines) is 1. The van der Waals surface area contributed by atoms with Crippen LogP contribution in [0.1, 0.15) is 29.7 Å². The van der Waals surface area contributed by atoms with Gasteiger partial charge in [0.05, 0.1) is 5.92 Å². The van der Waals surface area contributed by atoms with Crippen LogP contribution in [-0.4, -0.2) is 38.6 Å². The summed E-state index contributed by atoms with van der Waals surface area (Å²) in [5.74, 6) is 1.57. The lowest BCUT2D eigenvalue weighted by molar-refractivity contribution is -0.130. The van der Waals surface area contributed by atoms with Gasteiger partial charge >= 0.3 is 0 Å². The number of carbonyl (C=O) groups is 1. The summed E-state index contributed by atoms with van der Waals surface area (Å²) < 4.78 is 7.34. The van der Waals surface area contributed by atoms with Gasteiger partial charge in [-0.05, 0) is 37.8 Å². The van der Waals surface area contributed by atoms with Gasteiger partial charge in [-0.1, -0.05) is 23.4 Å². The number of carbonyl (C=O) groups excluding carboxylic acids is 1. The molecule has 124 valence electrons. The van der Waals surface area contributed by atoms with E-state index in [1.807, 2.05) is 30.9 Å². The first-order valence-electron chi connectivity index (χ1n) is 8.24. The maximum absolute atomic E-state index is 12.7. The molecule has 1 aromatic carbocycles. The molecular formula is C18H20N4O2. The molecule has 0 radical (unpaired) electrons. The van der Waals surface area contributed by atoms with Crippen molar-refractivity contribution in [1.82, 2.24) is 19.6 Å². The molecule has 6 nitrogen and oxygen atoms in total. The minimum atomic E-state index is 0.137. The van der Waals surface area contributed by atoms with Gasteiger partial charge in [0.15, 0.2) is 5.82 Å². The van der Waals surface area contributed by atoms with E-state index in [2.05, 4.69) is 32.9 Å². The van der Waals surface area contributed by atoms with Crippen LogP contribution in [0.3, 0.4) is 0 Å². The van der Waals surface area contributed by atoms with Crippen LogP contribution < -0.4 is 0 Å². The van der Waals surface area contributed by atoms with Crippen LogP contribution in [0.2, 0.25) is 0 Å². The zero-order chi connectivity index (χ0) is 16.7. The Morgan fingerprint density at radius 2 is 2.17 bits per heavy atom. The Morgan fingerprint density at radius 1 is 1.33 bits per heavy atom. The molecule has 1 saturated heterocycles. The van der Waals surface area contributed by atoms with Crippen molar-refractivity contribution in [3.8, 4) is 0 Å². The third-order valence-corrected chi connectivity index (χ3v) is 4.74. The van der Waals surface area contributed by atoms with E-state index in [0.717, 1.165) is 24.2 Å². The second-order valence-electron chi connectivity index (χ2n) is 6.44. The van der Waals surface area contributed by atoms with Gasteiger partial charge in [0.1, 0.15) is 6.54 Å². The Morgan fingerprint density at radius 3 is 2.96 bits per heavy atom. The Labute approximate surface area is 140 Å². The largest absolute Gasteiger partial charge is 0.340 e. The summed E-state index contributed by atoms with van der Waals surface area (Å²) in [4.78, 5) is 18.9. The zero-order valence-corrected chi connectivity index (χ0v) is 13.9. The van der Waals surface area contributed by atoms with Crippen LogP contribution in [0.4, 0.5) is 0 Å². The highest BCUT2D eigenvalue weighted by molar-refractivity contribution is 5.84. The summed E-state index contributed by atoms with van der Waals surface area (Å²) in [6.45, 7) is 5.61. The van der Waals surface area contributed by atoms with Gasteiger partial charge in [-0.2, -0.15) is 4.98 Å². The van der Waals surface area contributed by atoms with Gasteiger partial charge in [-0.25, -0.2) is 0 Å². The number of hydrogen-bond donors (Lipinski definition) is 0. The number of amides is 1.